The molecule has 0 unspecified atom stereocenters. The number of hydrogen-bond acceptors (Lipinski definition) is 0. The Morgan fingerprint density at radius 1 is 0.280 bits per heavy atom. The molecule has 0 bridgehead atoms. The van der Waals surface area contributed by atoms with Crippen molar-refractivity contribution in [1.82, 2.24) is 9.13 Å². The summed E-state index contributed by atoms with van der Waals surface area (Å²) < 4.78 is 4.87. The van der Waals surface area contributed by atoms with Crippen molar-refractivity contribution in [1.29, 1.82) is 0 Å². The molecule has 2 heterocycles. The molecule has 2 heteroatoms. The normalized spacial score (nSPS) is 12.0. The van der Waals surface area contributed by atoms with Gasteiger partial charge >= 0.3 is 0 Å². The van der Waals surface area contributed by atoms with E-state index in [0.717, 1.165) is 0 Å². The lowest BCUT2D eigenvalue weighted by Gasteiger charge is -2.16. The Hall–Kier alpha value is -6.64. The summed E-state index contributed by atoms with van der Waals surface area (Å²) >= 11 is 0. The minimum atomic E-state index is 1.17. The van der Waals surface area contributed by atoms with Crippen LogP contribution in [0.25, 0.3) is 98.4 Å². The van der Waals surface area contributed by atoms with Crippen molar-refractivity contribution in [2.24, 2.45) is 0 Å². The molecule has 232 valence electrons. The molecule has 2 nitrogen and oxygen atoms in total. The molecule has 0 saturated carbocycles. The minimum absolute atomic E-state index is 1.17. The highest BCUT2D eigenvalue weighted by Crippen LogP contribution is 2.41. The molecule has 9 aromatic carbocycles. The van der Waals surface area contributed by atoms with E-state index in [0.29, 0.717) is 0 Å². The first-order valence-corrected chi connectivity index (χ1v) is 17.3. The fourth-order valence-electron chi connectivity index (χ4n) is 8.46. The van der Waals surface area contributed by atoms with Gasteiger partial charge in [0.1, 0.15) is 0 Å². The van der Waals surface area contributed by atoms with E-state index < -0.39 is 0 Å². The first kappa shape index (κ1) is 27.3. The number of aromatic nitrogens is 2. The lowest BCUT2D eigenvalue weighted by Crippen LogP contribution is -1.97. The van der Waals surface area contributed by atoms with Crippen LogP contribution in [-0.2, 0) is 0 Å². The van der Waals surface area contributed by atoms with Crippen LogP contribution < -0.4 is 0 Å². The SMILES string of the molecule is c1ccc(-n2c3ccccc3c3cc(-c4ccc5c6ccccc6n(-c6cc7ccc8ccccc8c7c7ccccc67)c5c4)ccc32)cc1. The summed E-state index contributed by atoms with van der Waals surface area (Å²) in [6.07, 6.45) is 0. The summed E-state index contributed by atoms with van der Waals surface area (Å²) in [5.74, 6) is 0. The maximum absolute atomic E-state index is 2.49. The van der Waals surface area contributed by atoms with E-state index in [1.807, 2.05) is 0 Å². The predicted molar refractivity (Wildman–Crippen MR) is 213 cm³/mol. The molecule has 0 saturated heterocycles. The van der Waals surface area contributed by atoms with E-state index in [1.54, 1.807) is 0 Å². The third kappa shape index (κ3) is 3.85. The van der Waals surface area contributed by atoms with Crippen LogP contribution in [0, 0.1) is 0 Å². The van der Waals surface area contributed by atoms with Gasteiger partial charge in [-0.3, -0.25) is 0 Å². The second-order valence-corrected chi connectivity index (χ2v) is 13.3. The van der Waals surface area contributed by atoms with Crippen molar-refractivity contribution in [2.45, 2.75) is 0 Å². The topological polar surface area (TPSA) is 9.86 Å². The average Bonchev–Trinajstić information content (AvgIpc) is 3.70. The summed E-state index contributed by atoms with van der Waals surface area (Å²) in [7, 11) is 0. The predicted octanol–water partition coefficient (Wildman–Crippen LogP) is 13.0. The lowest BCUT2D eigenvalue weighted by molar-refractivity contribution is 1.18. The Labute approximate surface area is 288 Å². The smallest absolute Gasteiger partial charge is 0.0547 e. The van der Waals surface area contributed by atoms with Crippen molar-refractivity contribution in [3.05, 3.63) is 182 Å². The first-order valence-electron chi connectivity index (χ1n) is 17.3. The van der Waals surface area contributed by atoms with Gasteiger partial charge in [-0.25, -0.2) is 0 Å². The summed E-state index contributed by atoms with van der Waals surface area (Å²) in [5, 5.41) is 12.7. The van der Waals surface area contributed by atoms with Gasteiger partial charge in [-0.2, -0.15) is 0 Å². The van der Waals surface area contributed by atoms with Gasteiger partial charge in [-0.1, -0.05) is 133 Å². The van der Waals surface area contributed by atoms with Crippen LogP contribution in [0.4, 0.5) is 0 Å². The molecule has 0 aliphatic heterocycles. The van der Waals surface area contributed by atoms with Crippen LogP contribution in [0.5, 0.6) is 0 Å². The van der Waals surface area contributed by atoms with Crippen molar-refractivity contribution in [3.8, 4) is 22.5 Å². The first-order chi connectivity index (χ1) is 24.8. The number of nitrogens with zero attached hydrogens (tertiary/aromatic N) is 2. The quantitative estimate of drug-likeness (QED) is 0.171. The second kappa shape index (κ2) is 10.4. The minimum Gasteiger partial charge on any atom is -0.309 e. The molecule has 0 aliphatic rings. The van der Waals surface area contributed by atoms with Crippen LogP contribution in [-0.4, -0.2) is 9.13 Å². The van der Waals surface area contributed by atoms with Gasteiger partial charge in [0.05, 0.1) is 27.8 Å². The van der Waals surface area contributed by atoms with Gasteiger partial charge in [-0.05, 0) is 86.6 Å². The molecular weight excluding hydrogens is 605 g/mol. The van der Waals surface area contributed by atoms with Gasteiger partial charge in [-0.15, -0.1) is 0 Å². The molecule has 50 heavy (non-hydrogen) atoms. The Balaban J connectivity index is 1.18. The molecule has 0 radical (unpaired) electrons. The van der Waals surface area contributed by atoms with E-state index in [-0.39, 0.29) is 0 Å². The van der Waals surface area contributed by atoms with Crippen molar-refractivity contribution >= 4 is 75.9 Å². The number of benzene rings is 9. The summed E-state index contributed by atoms with van der Waals surface area (Å²) in [6, 6.07) is 66.8. The van der Waals surface area contributed by atoms with E-state index in [2.05, 4.69) is 191 Å². The molecule has 0 fully saturated rings. The number of hydrogen-bond donors (Lipinski definition) is 0. The van der Waals surface area contributed by atoms with E-state index in [4.69, 9.17) is 0 Å². The van der Waals surface area contributed by atoms with Gasteiger partial charge in [0.25, 0.3) is 0 Å². The summed E-state index contributed by atoms with van der Waals surface area (Å²) in [5.41, 5.74) is 9.65. The van der Waals surface area contributed by atoms with Crippen LogP contribution in [0.1, 0.15) is 0 Å². The third-order valence-electron chi connectivity index (χ3n) is 10.7. The number of para-hydroxylation sites is 3. The van der Waals surface area contributed by atoms with Gasteiger partial charge < -0.3 is 9.13 Å². The molecule has 2 aromatic heterocycles. The van der Waals surface area contributed by atoms with Gasteiger partial charge in [0.15, 0.2) is 0 Å². The Morgan fingerprint density at radius 3 is 1.66 bits per heavy atom. The molecule has 0 amide bonds. The van der Waals surface area contributed by atoms with Gasteiger partial charge in [0.2, 0.25) is 0 Å². The van der Waals surface area contributed by atoms with E-state index in [1.165, 1.54) is 98.4 Å². The molecule has 0 atom stereocenters. The lowest BCUT2D eigenvalue weighted by atomic mass is 9.95. The zero-order chi connectivity index (χ0) is 32.8. The number of fused-ring (bicyclic) bond motifs is 11. The zero-order valence-corrected chi connectivity index (χ0v) is 27.2. The summed E-state index contributed by atoms with van der Waals surface area (Å²) in [6.45, 7) is 0. The molecule has 0 spiro atoms. The van der Waals surface area contributed by atoms with Crippen LogP contribution in [0.2, 0.25) is 0 Å². The third-order valence-corrected chi connectivity index (χ3v) is 10.7. The monoisotopic (exact) mass is 634 g/mol. The van der Waals surface area contributed by atoms with Crippen LogP contribution >= 0.6 is 0 Å². The largest absolute Gasteiger partial charge is 0.309 e. The van der Waals surface area contributed by atoms with Crippen LogP contribution in [0.15, 0.2) is 182 Å². The van der Waals surface area contributed by atoms with Crippen molar-refractivity contribution < 1.29 is 0 Å². The maximum atomic E-state index is 2.49. The van der Waals surface area contributed by atoms with Crippen molar-refractivity contribution in [3.63, 3.8) is 0 Å². The molecule has 11 rings (SSSR count). The molecule has 0 aliphatic carbocycles. The standard InChI is InChI=1S/C48H30N2/c1-2-13-35(14-3-1)49-43-20-10-9-18-39(43)42-28-32(25-27-45(42)49)33-24-26-40-37-16-8-11-21-44(37)50(46(40)29-33)47-30-34-23-22-31-12-4-5-15-36(31)48(34)41-19-7-6-17-38(41)47/h1-30H. The van der Waals surface area contributed by atoms with E-state index in [9.17, 15) is 0 Å². The fourth-order valence-corrected chi connectivity index (χ4v) is 8.46. The van der Waals surface area contributed by atoms with Gasteiger partial charge in [0, 0.05) is 32.6 Å². The molecule has 0 N–H and O–H groups in total. The highest BCUT2D eigenvalue weighted by molar-refractivity contribution is 6.23. The Morgan fingerprint density at radius 2 is 0.840 bits per heavy atom. The zero-order valence-electron chi connectivity index (χ0n) is 27.2. The molecule has 11 aromatic rings. The Bertz CT molecular complexity index is 3140. The highest BCUT2D eigenvalue weighted by atomic mass is 15.0. The molecular formula is C48H30N2. The van der Waals surface area contributed by atoms with E-state index >= 15 is 0 Å². The summed E-state index contributed by atoms with van der Waals surface area (Å²) in [4.78, 5) is 0. The number of rotatable bonds is 3. The fraction of sp³-hybridized carbons (Fsp3) is 0. The Kier molecular flexibility index (Phi) is 5.70. The van der Waals surface area contributed by atoms with Crippen LogP contribution in [0.3, 0.4) is 0 Å². The second-order valence-electron chi connectivity index (χ2n) is 13.3. The van der Waals surface area contributed by atoms with Crippen molar-refractivity contribution in [2.75, 3.05) is 0 Å². The maximum Gasteiger partial charge on any atom is 0.0547 e. The highest BCUT2D eigenvalue weighted by Gasteiger charge is 2.18. The average molecular weight is 635 g/mol.